The summed E-state index contributed by atoms with van der Waals surface area (Å²) in [7, 11) is 0. The molecule has 0 unspecified atom stereocenters. The molecule has 0 N–H and O–H groups in total. The molecule has 2 saturated heterocycles. The Morgan fingerprint density at radius 3 is 2.46 bits per heavy atom. The van der Waals surface area contributed by atoms with Gasteiger partial charge < -0.3 is 14.2 Å². The minimum absolute atomic E-state index is 0.238. The average Bonchev–Trinajstić information content (AvgIpc) is 3.01. The van der Waals surface area contributed by atoms with E-state index in [0.29, 0.717) is 17.6 Å². The van der Waals surface area contributed by atoms with Crippen LogP contribution in [0.4, 0.5) is 0 Å². The molecule has 0 amide bonds. The van der Waals surface area contributed by atoms with Gasteiger partial charge in [-0.3, -0.25) is 0 Å². The molecule has 4 saturated carbocycles. The molecule has 0 aromatic rings. The first-order valence-electron chi connectivity index (χ1n) is 10.5. The first-order chi connectivity index (χ1) is 11.6. The van der Waals surface area contributed by atoms with Crippen LogP contribution < -0.4 is 0 Å². The van der Waals surface area contributed by atoms with E-state index in [4.69, 9.17) is 14.2 Å². The number of ether oxygens (including phenoxy) is 3. The Labute approximate surface area is 145 Å². The Kier molecular flexibility index (Phi) is 2.86. The van der Waals surface area contributed by atoms with E-state index >= 15 is 0 Å². The van der Waals surface area contributed by atoms with Gasteiger partial charge in [-0.25, -0.2) is 0 Å². The van der Waals surface area contributed by atoms with Crippen LogP contribution in [0.25, 0.3) is 0 Å². The Morgan fingerprint density at radius 1 is 0.833 bits per heavy atom. The molecule has 2 aliphatic heterocycles. The third-order valence-corrected chi connectivity index (χ3v) is 9.71. The molecule has 134 valence electrons. The molecule has 3 heteroatoms. The molecule has 1 spiro atoms. The average molecular weight is 332 g/mol. The van der Waals surface area contributed by atoms with Crippen LogP contribution >= 0.6 is 0 Å². The van der Waals surface area contributed by atoms with Crippen molar-refractivity contribution in [3.63, 3.8) is 0 Å². The van der Waals surface area contributed by atoms with Crippen LogP contribution in [0, 0.1) is 34.5 Å². The number of hydrogen-bond acceptors (Lipinski definition) is 3. The molecule has 6 aliphatic rings. The fraction of sp³-hybridized carbons (Fsp3) is 1.00. The van der Waals surface area contributed by atoms with E-state index in [-0.39, 0.29) is 11.2 Å². The van der Waals surface area contributed by atoms with Crippen molar-refractivity contribution in [3.8, 4) is 0 Å². The number of rotatable bonds is 0. The molecule has 0 radical (unpaired) electrons. The standard InChI is InChI=1S/C21H32O3/c1-19-12-18-17(24-18)11-13(19)3-4-14-15(19)5-7-20(2)16(14)6-8-21(20)22-9-10-23-21/h13-18H,3-12H2,1-2H3/t13-,14+,15-,16-,17-,18+,19-,20-/m0/s1. The van der Waals surface area contributed by atoms with Crippen LogP contribution in [0.15, 0.2) is 0 Å². The van der Waals surface area contributed by atoms with Gasteiger partial charge in [-0.05, 0) is 74.0 Å². The largest absolute Gasteiger partial charge is 0.370 e. The predicted molar refractivity (Wildman–Crippen MR) is 90.4 cm³/mol. The SMILES string of the molecule is C[C@]12C[C@H]3O[C@H]3C[C@@H]1CC[C@@H]1[C@@H]2CC[C@@]2(C)[C@H]1CCC21OCCO1. The van der Waals surface area contributed by atoms with Gasteiger partial charge in [0.15, 0.2) is 5.79 Å². The van der Waals surface area contributed by atoms with E-state index in [1.54, 1.807) is 0 Å². The summed E-state index contributed by atoms with van der Waals surface area (Å²) < 4.78 is 18.5. The van der Waals surface area contributed by atoms with Crippen molar-refractivity contribution in [2.24, 2.45) is 34.5 Å². The third kappa shape index (κ3) is 1.66. The molecular weight excluding hydrogens is 300 g/mol. The minimum Gasteiger partial charge on any atom is -0.370 e. The van der Waals surface area contributed by atoms with Gasteiger partial charge in [-0.15, -0.1) is 0 Å². The lowest BCUT2D eigenvalue weighted by Gasteiger charge is -2.60. The maximum absolute atomic E-state index is 6.27. The molecule has 3 nitrogen and oxygen atoms in total. The minimum atomic E-state index is -0.238. The summed E-state index contributed by atoms with van der Waals surface area (Å²) >= 11 is 0. The predicted octanol–water partition coefficient (Wildman–Crippen LogP) is 4.15. The van der Waals surface area contributed by atoms with E-state index in [1.165, 1.54) is 44.9 Å². The topological polar surface area (TPSA) is 31.0 Å². The Bertz CT molecular complexity index is 553. The fourth-order valence-electron chi connectivity index (χ4n) is 8.41. The van der Waals surface area contributed by atoms with Crippen LogP contribution in [0.1, 0.15) is 65.2 Å². The first-order valence-corrected chi connectivity index (χ1v) is 10.5. The maximum Gasteiger partial charge on any atom is 0.174 e. The van der Waals surface area contributed by atoms with Crippen LogP contribution in [-0.4, -0.2) is 31.2 Å². The highest BCUT2D eigenvalue weighted by molar-refractivity contribution is 5.14. The van der Waals surface area contributed by atoms with Gasteiger partial charge in [-0.1, -0.05) is 13.8 Å². The molecule has 0 aromatic carbocycles. The van der Waals surface area contributed by atoms with Crippen molar-refractivity contribution in [1.29, 1.82) is 0 Å². The molecule has 6 rings (SSSR count). The van der Waals surface area contributed by atoms with Crippen LogP contribution in [0.5, 0.6) is 0 Å². The lowest BCUT2D eigenvalue weighted by atomic mass is 9.45. The molecule has 0 bridgehead atoms. The van der Waals surface area contributed by atoms with Crippen LogP contribution in [-0.2, 0) is 14.2 Å². The van der Waals surface area contributed by atoms with Crippen molar-refractivity contribution in [3.05, 3.63) is 0 Å². The Hall–Kier alpha value is -0.120. The first kappa shape index (κ1) is 15.0. The Morgan fingerprint density at radius 2 is 1.62 bits per heavy atom. The van der Waals surface area contributed by atoms with Crippen LogP contribution in [0.3, 0.4) is 0 Å². The van der Waals surface area contributed by atoms with Gasteiger partial charge in [0.25, 0.3) is 0 Å². The second-order valence-corrected chi connectivity index (χ2v) is 10.3. The summed E-state index contributed by atoms with van der Waals surface area (Å²) in [5.74, 6) is 3.30. The molecule has 8 atom stereocenters. The van der Waals surface area contributed by atoms with Crippen molar-refractivity contribution >= 4 is 0 Å². The van der Waals surface area contributed by atoms with E-state index in [2.05, 4.69) is 13.8 Å². The second-order valence-electron chi connectivity index (χ2n) is 10.3. The number of fused-ring (bicyclic) bond motifs is 7. The summed E-state index contributed by atoms with van der Waals surface area (Å²) in [6.45, 7) is 6.73. The van der Waals surface area contributed by atoms with Crippen molar-refractivity contribution in [2.45, 2.75) is 83.2 Å². The quantitative estimate of drug-likeness (QED) is 0.624. The number of hydrogen-bond donors (Lipinski definition) is 0. The molecule has 6 fully saturated rings. The molecule has 0 aromatic heterocycles. The molecule has 24 heavy (non-hydrogen) atoms. The zero-order chi connectivity index (χ0) is 16.2. The highest BCUT2D eigenvalue weighted by atomic mass is 16.7. The fourth-order valence-corrected chi connectivity index (χ4v) is 8.41. The molecule has 2 heterocycles. The normalized spacial score (nSPS) is 60.2. The lowest BCUT2D eigenvalue weighted by Crippen LogP contribution is -2.57. The molecular formula is C21H32O3. The zero-order valence-electron chi connectivity index (χ0n) is 15.3. The summed E-state index contributed by atoms with van der Waals surface area (Å²) in [5, 5.41) is 0. The monoisotopic (exact) mass is 332 g/mol. The maximum atomic E-state index is 6.27. The van der Waals surface area contributed by atoms with Crippen molar-refractivity contribution in [1.82, 2.24) is 0 Å². The van der Waals surface area contributed by atoms with E-state index in [0.717, 1.165) is 43.3 Å². The van der Waals surface area contributed by atoms with Gasteiger partial charge in [0.05, 0.1) is 25.4 Å². The summed E-state index contributed by atoms with van der Waals surface area (Å²) in [6.07, 6.45) is 11.9. The van der Waals surface area contributed by atoms with Gasteiger partial charge in [0.1, 0.15) is 0 Å². The lowest BCUT2D eigenvalue weighted by molar-refractivity contribution is -0.246. The smallest absolute Gasteiger partial charge is 0.174 e. The highest BCUT2D eigenvalue weighted by Crippen LogP contribution is 2.70. The van der Waals surface area contributed by atoms with Gasteiger partial charge >= 0.3 is 0 Å². The van der Waals surface area contributed by atoms with Crippen molar-refractivity contribution in [2.75, 3.05) is 13.2 Å². The highest BCUT2D eigenvalue weighted by Gasteiger charge is 2.68. The van der Waals surface area contributed by atoms with Crippen molar-refractivity contribution < 1.29 is 14.2 Å². The van der Waals surface area contributed by atoms with Gasteiger partial charge in [-0.2, -0.15) is 0 Å². The van der Waals surface area contributed by atoms with E-state index in [1.807, 2.05) is 0 Å². The summed E-state index contributed by atoms with van der Waals surface area (Å²) in [5.41, 5.74) is 0.788. The van der Waals surface area contributed by atoms with E-state index in [9.17, 15) is 0 Å². The Balaban J connectivity index is 1.34. The number of epoxide rings is 1. The van der Waals surface area contributed by atoms with Gasteiger partial charge in [0.2, 0.25) is 0 Å². The van der Waals surface area contributed by atoms with Crippen LogP contribution in [0.2, 0.25) is 0 Å². The zero-order valence-corrected chi connectivity index (χ0v) is 15.3. The summed E-state index contributed by atoms with van der Waals surface area (Å²) in [4.78, 5) is 0. The molecule has 4 aliphatic carbocycles. The second kappa shape index (κ2) is 4.58. The summed E-state index contributed by atoms with van der Waals surface area (Å²) in [6, 6.07) is 0. The van der Waals surface area contributed by atoms with E-state index < -0.39 is 0 Å². The van der Waals surface area contributed by atoms with Gasteiger partial charge in [0, 0.05) is 11.8 Å². The third-order valence-electron chi connectivity index (χ3n) is 9.71.